The number of nitrogens with zero attached hydrogens (tertiary/aromatic N) is 2. The van der Waals surface area contributed by atoms with E-state index < -0.39 is 16.2 Å². The predicted molar refractivity (Wildman–Crippen MR) is 187 cm³/mol. The van der Waals surface area contributed by atoms with E-state index in [1.165, 1.54) is 18.7 Å². The van der Waals surface area contributed by atoms with Gasteiger partial charge in [-0.25, -0.2) is 0 Å². The Kier molecular flexibility index (Phi) is 9.06. The van der Waals surface area contributed by atoms with Gasteiger partial charge >= 0.3 is 0 Å². The SMILES string of the molecule is COc1cc(S(=O)(=O)O)c2cc1Oc1ccc(cc1)C[C@H]1c3cc(c(OC)cc3CCN1C)Oc1c(OC)c(OC)cc3c1[C@H](C2)N(C)CC3. The quantitative estimate of drug-likeness (QED) is 0.233. The van der Waals surface area contributed by atoms with Crippen LogP contribution >= 0.6 is 0 Å². The summed E-state index contributed by atoms with van der Waals surface area (Å²) in [4.78, 5) is 4.25. The number of methoxy groups -OCH3 is 4. The molecular weight excluding hydrogens is 660 g/mol. The van der Waals surface area contributed by atoms with E-state index in [0.29, 0.717) is 58.8 Å². The van der Waals surface area contributed by atoms with Crippen molar-refractivity contribution in [2.24, 2.45) is 0 Å². The zero-order valence-electron chi connectivity index (χ0n) is 29.1. The van der Waals surface area contributed by atoms with Gasteiger partial charge in [0.05, 0.1) is 28.4 Å². The summed E-state index contributed by atoms with van der Waals surface area (Å²) in [6.07, 6.45) is 2.48. The highest BCUT2D eigenvalue weighted by molar-refractivity contribution is 7.85. The van der Waals surface area contributed by atoms with Crippen LogP contribution < -0.4 is 28.4 Å². The summed E-state index contributed by atoms with van der Waals surface area (Å²) in [5, 5.41) is 0. The molecule has 11 nitrogen and oxygen atoms in total. The van der Waals surface area contributed by atoms with Gasteiger partial charge in [0, 0.05) is 36.8 Å². The van der Waals surface area contributed by atoms with Crippen molar-refractivity contribution >= 4 is 10.1 Å². The van der Waals surface area contributed by atoms with E-state index in [2.05, 4.69) is 29.0 Å². The maximum Gasteiger partial charge on any atom is 0.294 e. The highest BCUT2D eigenvalue weighted by Gasteiger charge is 2.36. The van der Waals surface area contributed by atoms with Crippen molar-refractivity contribution in [2.45, 2.75) is 42.7 Å². The number of hydrogen-bond donors (Lipinski definition) is 1. The van der Waals surface area contributed by atoms with Gasteiger partial charge < -0.3 is 28.4 Å². The van der Waals surface area contributed by atoms with Crippen molar-refractivity contribution in [3.63, 3.8) is 0 Å². The lowest BCUT2D eigenvalue weighted by Crippen LogP contribution is -2.34. The number of hydrogen-bond acceptors (Lipinski definition) is 10. The van der Waals surface area contributed by atoms with Crippen LogP contribution in [0.4, 0.5) is 0 Å². The van der Waals surface area contributed by atoms with Crippen LogP contribution in [-0.2, 0) is 35.8 Å². The zero-order valence-corrected chi connectivity index (χ0v) is 29.9. The van der Waals surface area contributed by atoms with Gasteiger partial charge in [-0.3, -0.25) is 14.4 Å². The van der Waals surface area contributed by atoms with Crippen molar-refractivity contribution in [3.8, 4) is 46.0 Å². The number of fused-ring (bicyclic) bond motifs is 2. The Balaban J connectivity index is 1.51. The molecule has 2 atom stereocenters. The molecule has 4 aliphatic rings. The molecule has 50 heavy (non-hydrogen) atoms. The summed E-state index contributed by atoms with van der Waals surface area (Å²) < 4.78 is 72.8. The molecule has 0 fully saturated rings. The van der Waals surface area contributed by atoms with E-state index in [1.54, 1.807) is 27.4 Å². The van der Waals surface area contributed by atoms with Crippen molar-refractivity contribution in [1.82, 2.24) is 9.80 Å². The van der Waals surface area contributed by atoms with Crippen molar-refractivity contribution < 1.29 is 41.4 Å². The summed E-state index contributed by atoms with van der Waals surface area (Å²) in [5.74, 6) is 3.56. The molecule has 264 valence electrons. The lowest BCUT2D eigenvalue weighted by Gasteiger charge is -2.37. The van der Waals surface area contributed by atoms with E-state index in [4.69, 9.17) is 28.4 Å². The molecule has 0 unspecified atom stereocenters. The standard InChI is InChI=1S/C38H42N2O9S/c1-39-13-11-23-17-30(44-3)33-20-27(23)28(39)15-22-7-9-26(10-8-22)48-32-19-25(35(50(41,42)43)21-31(32)45-4)16-29-36-24(12-14-40(29)2)18-34(46-5)37(47-6)38(36)49-33/h7-10,17-21,28-29H,11-16H2,1-6H3,(H,41,42,43)/t28-,29-/m0/s1. The fraction of sp³-hybridized carbons (Fsp3) is 0.368. The summed E-state index contributed by atoms with van der Waals surface area (Å²) in [6.45, 7) is 1.57. The number of likely N-dealkylation sites (N-methyl/N-ethyl adjacent to an activating group) is 2. The highest BCUT2D eigenvalue weighted by Crippen LogP contribution is 2.52. The summed E-state index contributed by atoms with van der Waals surface area (Å²) in [6, 6.07) is 16.6. The van der Waals surface area contributed by atoms with Crippen LogP contribution in [0, 0.1) is 0 Å². The summed E-state index contributed by atoms with van der Waals surface area (Å²) in [7, 11) is 5.70. The lowest BCUT2D eigenvalue weighted by molar-refractivity contribution is 0.219. The molecule has 0 aromatic heterocycles. The van der Waals surface area contributed by atoms with E-state index in [0.717, 1.165) is 41.6 Å². The first-order valence-corrected chi connectivity index (χ1v) is 18.0. The third kappa shape index (κ3) is 6.10. The van der Waals surface area contributed by atoms with Crippen LogP contribution in [0.1, 0.15) is 45.5 Å². The monoisotopic (exact) mass is 702 g/mol. The minimum Gasteiger partial charge on any atom is -0.493 e. The second-order valence-corrected chi connectivity index (χ2v) is 14.4. The maximum absolute atomic E-state index is 12.9. The van der Waals surface area contributed by atoms with E-state index in [1.807, 2.05) is 37.4 Å². The second-order valence-electron chi connectivity index (χ2n) is 13.1. The molecule has 0 spiro atoms. The van der Waals surface area contributed by atoms with Gasteiger partial charge in [-0.05, 0) is 104 Å². The van der Waals surface area contributed by atoms with Gasteiger partial charge in [0.1, 0.15) is 10.6 Å². The number of benzene rings is 4. The Morgan fingerprint density at radius 2 is 1.32 bits per heavy atom. The first-order valence-electron chi connectivity index (χ1n) is 16.5. The lowest BCUT2D eigenvalue weighted by atomic mass is 9.87. The first-order chi connectivity index (χ1) is 24.0. The molecule has 12 heteroatoms. The molecule has 0 amide bonds. The molecule has 0 aliphatic carbocycles. The van der Waals surface area contributed by atoms with E-state index in [-0.39, 0.29) is 23.1 Å². The van der Waals surface area contributed by atoms with Crippen LogP contribution in [0.2, 0.25) is 0 Å². The van der Waals surface area contributed by atoms with Gasteiger partial charge in [-0.1, -0.05) is 12.1 Å². The van der Waals surface area contributed by atoms with Crippen molar-refractivity contribution in [2.75, 3.05) is 55.6 Å². The minimum absolute atomic E-state index is 0.0771. The zero-order chi connectivity index (χ0) is 35.3. The van der Waals surface area contributed by atoms with Gasteiger partial charge in [0.2, 0.25) is 5.75 Å². The van der Waals surface area contributed by atoms with Gasteiger partial charge in [0.15, 0.2) is 34.5 Å². The molecule has 1 N–H and O–H groups in total. The largest absolute Gasteiger partial charge is 0.493 e. The van der Waals surface area contributed by atoms with Crippen molar-refractivity contribution in [3.05, 3.63) is 88.0 Å². The number of ether oxygens (including phenoxy) is 6. The molecule has 8 rings (SSSR count). The van der Waals surface area contributed by atoms with Gasteiger partial charge in [-0.15, -0.1) is 0 Å². The molecule has 0 radical (unpaired) electrons. The van der Waals surface area contributed by atoms with Crippen LogP contribution in [0.3, 0.4) is 0 Å². The fourth-order valence-electron chi connectivity index (χ4n) is 7.55. The molecular formula is C38H42N2O9S. The van der Waals surface area contributed by atoms with Gasteiger partial charge in [0.25, 0.3) is 10.1 Å². The molecule has 4 aromatic carbocycles. The van der Waals surface area contributed by atoms with E-state index in [9.17, 15) is 13.0 Å². The smallest absolute Gasteiger partial charge is 0.294 e. The maximum atomic E-state index is 12.9. The second kappa shape index (κ2) is 13.3. The van der Waals surface area contributed by atoms with Gasteiger partial charge in [-0.2, -0.15) is 8.42 Å². The molecule has 0 saturated heterocycles. The highest BCUT2D eigenvalue weighted by atomic mass is 32.2. The van der Waals surface area contributed by atoms with Crippen molar-refractivity contribution in [1.29, 1.82) is 0 Å². The van der Waals surface area contributed by atoms with Crippen LogP contribution in [0.15, 0.2) is 59.5 Å². The Labute approximate surface area is 293 Å². The Hall–Kier alpha value is -4.49. The third-order valence-corrected chi connectivity index (χ3v) is 11.2. The van der Waals surface area contributed by atoms with Crippen LogP contribution in [-0.4, -0.2) is 78.4 Å². The van der Waals surface area contributed by atoms with Crippen LogP contribution in [0.25, 0.3) is 0 Å². The molecule has 4 aliphatic heterocycles. The Morgan fingerprint density at radius 3 is 1.98 bits per heavy atom. The average molecular weight is 703 g/mol. The Morgan fingerprint density at radius 1 is 0.700 bits per heavy atom. The molecule has 4 aromatic rings. The Bertz CT molecular complexity index is 2050. The van der Waals surface area contributed by atoms with E-state index >= 15 is 0 Å². The molecule has 4 heterocycles. The first kappa shape index (κ1) is 34.0. The fourth-order valence-corrected chi connectivity index (χ4v) is 8.28. The predicted octanol–water partition coefficient (Wildman–Crippen LogP) is 6.41. The normalized spacial score (nSPS) is 18.9. The third-order valence-electron chi connectivity index (χ3n) is 10.2. The molecule has 0 saturated carbocycles. The summed E-state index contributed by atoms with van der Waals surface area (Å²) in [5.41, 5.74) is 5.61. The summed E-state index contributed by atoms with van der Waals surface area (Å²) >= 11 is 0. The minimum atomic E-state index is -4.66. The topological polar surface area (TPSA) is 116 Å². The van der Waals surface area contributed by atoms with Crippen LogP contribution in [0.5, 0.6) is 46.0 Å². The molecule has 6 bridgehead atoms. The number of rotatable bonds is 5. The average Bonchev–Trinajstić information content (AvgIpc) is 3.10.